The molecule has 0 saturated heterocycles. The molecular weight excluding hydrogens is 712 g/mol. The Morgan fingerprint density at radius 2 is 1.16 bits per heavy atom. The van der Waals surface area contributed by atoms with Gasteiger partial charge in [-0.2, -0.15) is 0 Å². The van der Waals surface area contributed by atoms with Gasteiger partial charge in [0.25, 0.3) is 0 Å². The molecule has 0 unspecified atom stereocenters. The minimum Gasteiger partial charge on any atom is -0.494 e. The molecule has 0 fully saturated rings. The van der Waals surface area contributed by atoms with Gasteiger partial charge in [-0.05, 0) is 105 Å². The van der Waals surface area contributed by atoms with Crippen molar-refractivity contribution in [3.05, 3.63) is 109 Å². The maximum Gasteiger partial charge on any atom is 0.386 e. The van der Waals surface area contributed by atoms with Crippen LogP contribution in [-0.4, -0.2) is 63.4 Å². The summed E-state index contributed by atoms with van der Waals surface area (Å²) >= 11 is 0. The van der Waals surface area contributed by atoms with Gasteiger partial charge >= 0.3 is 29.8 Å². The lowest BCUT2D eigenvalue weighted by Crippen LogP contribution is -2.15. The van der Waals surface area contributed by atoms with Gasteiger partial charge in [0, 0.05) is 17.7 Å². The third-order valence-corrected chi connectivity index (χ3v) is 8.16. The molecule has 13 heteroatoms. The third kappa shape index (κ3) is 12.9. The van der Waals surface area contributed by atoms with Crippen LogP contribution in [-0.2, 0) is 38.4 Å². The van der Waals surface area contributed by atoms with E-state index in [1.807, 2.05) is 0 Å². The number of carbonyl (C=O) groups is 5. The quantitative estimate of drug-likeness (QED) is 0.0262. The van der Waals surface area contributed by atoms with E-state index in [-0.39, 0.29) is 16.9 Å². The maximum atomic E-state index is 13.6. The first-order valence-electron chi connectivity index (χ1n) is 17.9. The molecule has 2 aliphatic heterocycles. The predicted octanol–water partition coefficient (Wildman–Crippen LogP) is 7.53. The van der Waals surface area contributed by atoms with Crippen molar-refractivity contribution in [2.24, 2.45) is 0 Å². The van der Waals surface area contributed by atoms with Gasteiger partial charge < -0.3 is 28.4 Å². The number of rotatable bonds is 21. The molecule has 0 aliphatic carbocycles. The second-order valence-corrected chi connectivity index (χ2v) is 12.1. The Morgan fingerprint density at radius 1 is 0.600 bits per heavy atom. The summed E-state index contributed by atoms with van der Waals surface area (Å²) < 4.78 is 32.8. The lowest BCUT2D eigenvalue weighted by Gasteiger charge is -2.23. The fraction of sp³-hybridized carbons (Fsp3) is 0.310. The molecule has 0 spiro atoms. The summed E-state index contributed by atoms with van der Waals surface area (Å²) in [6.07, 6.45) is 9.67. The summed E-state index contributed by atoms with van der Waals surface area (Å²) in [4.78, 5) is 71.2. The molecule has 0 N–H and O–H groups in total. The first-order valence-corrected chi connectivity index (χ1v) is 17.9. The van der Waals surface area contributed by atoms with Crippen LogP contribution >= 0.6 is 0 Å². The van der Waals surface area contributed by atoms with Gasteiger partial charge in [0.05, 0.1) is 56.3 Å². The number of ether oxygens (including phenoxy) is 6. The Hall–Kier alpha value is -6.37. The maximum absolute atomic E-state index is 13.6. The van der Waals surface area contributed by atoms with E-state index in [9.17, 15) is 24.0 Å². The fourth-order valence-corrected chi connectivity index (χ4v) is 5.36. The lowest BCUT2D eigenvalue weighted by molar-refractivity contribution is -0.187. The van der Waals surface area contributed by atoms with Crippen molar-refractivity contribution in [2.45, 2.75) is 51.4 Å². The number of hydrogen-bond donors (Lipinski definition) is 0. The van der Waals surface area contributed by atoms with Gasteiger partial charge in [-0.25, -0.2) is 33.7 Å². The van der Waals surface area contributed by atoms with Crippen molar-refractivity contribution in [1.82, 2.24) is 0 Å². The highest BCUT2D eigenvalue weighted by Gasteiger charge is 2.29. The number of methoxy groups -OCH3 is 1. The first kappa shape index (κ1) is 41.4. The van der Waals surface area contributed by atoms with E-state index in [0.717, 1.165) is 56.8 Å². The number of fused-ring (bicyclic) bond motifs is 3. The molecule has 0 aromatic heterocycles. The Balaban J connectivity index is 1.40. The van der Waals surface area contributed by atoms with Crippen LogP contribution in [0.2, 0.25) is 0 Å². The Bertz CT molecular complexity index is 1840. The van der Waals surface area contributed by atoms with Gasteiger partial charge in [0.15, 0.2) is 0 Å². The van der Waals surface area contributed by atoms with E-state index >= 15 is 0 Å². The second-order valence-electron chi connectivity index (χ2n) is 12.1. The lowest BCUT2D eigenvalue weighted by atomic mass is 9.91. The van der Waals surface area contributed by atoms with E-state index in [1.54, 1.807) is 42.5 Å². The van der Waals surface area contributed by atoms with Crippen LogP contribution in [0.25, 0.3) is 16.9 Å². The minimum atomic E-state index is -0.978. The smallest absolute Gasteiger partial charge is 0.386 e. The third-order valence-electron chi connectivity index (χ3n) is 8.16. The summed E-state index contributed by atoms with van der Waals surface area (Å²) in [5.74, 6) is -2.09. The molecule has 2 aliphatic rings. The average Bonchev–Trinajstić information content (AvgIpc) is 3.20. The van der Waals surface area contributed by atoms with E-state index in [2.05, 4.69) is 13.2 Å². The SMILES string of the molecule is C=CC(=O)OCCCCCCOc1ccc(C(=O)OOC(=O)c2ccc(OCCCCCCOC(=O)C=C)c3c2-c2ccc(cc2)O/C3=C/C(=O)OC)cc1. The zero-order valence-corrected chi connectivity index (χ0v) is 30.7. The minimum absolute atomic E-state index is 0.0137. The van der Waals surface area contributed by atoms with Crippen LogP contribution in [0.3, 0.4) is 0 Å². The monoisotopic (exact) mass is 756 g/mol. The molecule has 2 bridgehead atoms. The van der Waals surface area contributed by atoms with Crippen LogP contribution in [0.15, 0.2) is 92.0 Å². The van der Waals surface area contributed by atoms with Gasteiger partial charge in [-0.15, -0.1) is 0 Å². The molecule has 3 aromatic rings. The van der Waals surface area contributed by atoms with Gasteiger partial charge in [-0.1, -0.05) is 25.3 Å². The van der Waals surface area contributed by atoms with Crippen molar-refractivity contribution in [1.29, 1.82) is 0 Å². The van der Waals surface area contributed by atoms with Crippen LogP contribution in [0, 0.1) is 0 Å². The molecule has 0 amide bonds. The molecule has 5 rings (SSSR count). The van der Waals surface area contributed by atoms with E-state index < -0.39 is 29.8 Å². The summed E-state index contributed by atoms with van der Waals surface area (Å²) in [6, 6.07) is 16.1. The predicted molar refractivity (Wildman–Crippen MR) is 200 cm³/mol. The van der Waals surface area contributed by atoms with Crippen molar-refractivity contribution in [3.8, 4) is 28.4 Å². The van der Waals surface area contributed by atoms with Crippen molar-refractivity contribution in [3.63, 3.8) is 0 Å². The van der Waals surface area contributed by atoms with Gasteiger partial charge in [0.2, 0.25) is 0 Å². The van der Waals surface area contributed by atoms with E-state index in [4.69, 9.17) is 38.2 Å². The topological polar surface area (TPSA) is 159 Å². The number of unbranched alkanes of at least 4 members (excludes halogenated alkanes) is 6. The fourth-order valence-electron chi connectivity index (χ4n) is 5.36. The zero-order valence-electron chi connectivity index (χ0n) is 30.7. The van der Waals surface area contributed by atoms with Crippen LogP contribution in [0.4, 0.5) is 0 Å². The standard InChI is InChI=1S/C42H44O13/c1-4-36(43)51-26-12-8-6-10-24-49-31-18-16-30(17-19-31)41(46)54-55-42(47)33-22-23-34(50-25-11-7-9-13-27-52-37(44)5-2)40-35(28-38(45)48-3)53-32-20-14-29(15-21-32)39(33)40/h4-5,14-23,28H,1-2,6-13,24-27H2,3H3/b35-28+. The first-order chi connectivity index (χ1) is 26.7. The zero-order chi connectivity index (χ0) is 39.4. The van der Waals surface area contributed by atoms with E-state index in [0.29, 0.717) is 73.2 Å². The largest absolute Gasteiger partial charge is 0.494 e. The van der Waals surface area contributed by atoms with Crippen LogP contribution in [0.1, 0.15) is 77.6 Å². The molecule has 55 heavy (non-hydrogen) atoms. The number of carbonyl (C=O) groups excluding carboxylic acids is 5. The highest BCUT2D eigenvalue weighted by molar-refractivity contribution is 6.04. The van der Waals surface area contributed by atoms with Gasteiger partial charge in [0.1, 0.15) is 23.0 Å². The molecule has 13 nitrogen and oxygen atoms in total. The van der Waals surface area contributed by atoms with Crippen LogP contribution in [0.5, 0.6) is 17.2 Å². The molecule has 290 valence electrons. The Labute approximate surface area is 319 Å². The van der Waals surface area contributed by atoms with E-state index in [1.165, 1.54) is 25.3 Å². The van der Waals surface area contributed by atoms with Gasteiger partial charge in [-0.3, -0.25) is 0 Å². The highest BCUT2D eigenvalue weighted by atomic mass is 17.2. The Morgan fingerprint density at radius 3 is 1.75 bits per heavy atom. The molecule has 3 aromatic carbocycles. The van der Waals surface area contributed by atoms with Crippen LogP contribution < -0.4 is 14.2 Å². The number of hydrogen-bond acceptors (Lipinski definition) is 13. The molecule has 0 saturated carbocycles. The summed E-state index contributed by atoms with van der Waals surface area (Å²) in [5.41, 5.74) is 1.34. The normalized spacial score (nSPS) is 11.8. The molecular formula is C42H44O13. The number of esters is 3. The van der Waals surface area contributed by atoms with Crippen molar-refractivity contribution in [2.75, 3.05) is 33.5 Å². The highest BCUT2D eigenvalue weighted by Crippen LogP contribution is 2.43. The summed E-state index contributed by atoms with van der Waals surface area (Å²) in [6.45, 7) is 8.14. The summed E-state index contributed by atoms with van der Waals surface area (Å²) in [7, 11) is 1.23. The van der Waals surface area contributed by atoms with Crippen molar-refractivity contribution >= 4 is 35.6 Å². The molecule has 2 heterocycles. The summed E-state index contributed by atoms with van der Waals surface area (Å²) in [5, 5.41) is 0. The second kappa shape index (κ2) is 22.0. The Kier molecular flexibility index (Phi) is 16.5. The number of benzene rings is 3. The average molecular weight is 757 g/mol. The van der Waals surface area contributed by atoms with Crippen molar-refractivity contribution < 1.29 is 62.2 Å². The molecule has 0 radical (unpaired) electrons. The molecule has 0 atom stereocenters.